The average Bonchev–Trinajstić information content (AvgIpc) is 2.27. The lowest BCUT2D eigenvalue weighted by molar-refractivity contribution is -0.406. The third kappa shape index (κ3) is 7.24. The standard InChI is InChI=1S/C12H26N4O2/c1-8(2)7-10(11(15)17)16-12(18)9(14)5-3-4-6-13/h8-10H,3-7,13-14H2,1-2H3,(H2,15,17)(H,16,18)/p+2/t9-,10-/m0/s1. The average molecular weight is 260 g/mol. The van der Waals surface area contributed by atoms with Gasteiger partial charge >= 0.3 is 0 Å². The van der Waals surface area contributed by atoms with Crippen molar-refractivity contribution in [3.05, 3.63) is 0 Å². The van der Waals surface area contributed by atoms with Crippen LogP contribution >= 0.6 is 0 Å². The summed E-state index contributed by atoms with van der Waals surface area (Å²) in [6.45, 7) is 4.83. The molecule has 2 amide bonds. The summed E-state index contributed by atoms with van der Waals surface area (Å²) >= 11 is 0. The molecule has 18 heavy (non-hydrogen) atoms. The van der Waals surface area contributed by atoms with Gasteiger partial charge in [0.1, 0.15) is 6.04 Å². The van der Waals surface area contributed by atoms with Crippen LogP contribution in [0.15, 0.2) is 0 Å². The number of nitrogens with two attached hydrogens (primary N) is 1. The van der Waals surface area contributed by atoms with E-state index in [1.165, 1.54) is 0 Å². The van der Waals surface area contributed by atoms with Crippen molar-refractivity contribution < 1.29 is 21.1 Å². The van der Waals surface area contributed by atoms with E-state index in [4.69, 9.17) is 5.73 Å². The van der Waals surface area contributed by atoms with Crippen LogP contribution in [0.25, 0.3) is 0 Å². The number of amides is 2. The van der Waals surface area contributed by atoms with Gasteiger partial charge in [-0.05, 0) is 25.2 Å². The highest BCUT2D eigenvalue weighted by Crippen LogP contribution is 2.05. The van der Waals surface area contributed by atoms with Crippen LogP contribution in [0.2, 0.25) is 0 Å². The molecule has 0 aromatic heterocycles. The molecule has 0 aromatic rings. The van der Waals surface area contributed by atoms with Gasteiger partial charge in [-0.25, -0.2) is 0 Å². The first-order valence-electron chi connectivity index (χ1n) is 6.60. The first kappa shape index (κ1) is 16.9. The number of hydrogen-bond donors (Lipinski definition) is 4. The molecule has 0 spiro atoms. The second-order valence-corrected chi connectivity index (χ2v) is 5.14. The van der Waals surface area contributed by atoms with Gasteiger partial charge in [-0.2, -0.15) is 0 Å². The maximum absolute atomic E-state index is 11.8. The quantitative estimate of drug-likeness (QED) is 0.359. The highest BCUT2D eigenvalue weighted by Gasteiger charge is 2.24. The molecule has 0 rings (SSSR count). The Kier molecular flexibility index (Phi) is 8.32. The lowest BCUT2D eigenvalue weighted by atomic mass is 10.0. The van der Waals surface area contributed by atoms with E-state index in [-0.39, 0.29) is 11.9 Å². The third-order valence-corrected chi connectivity index (χ3v) is 2.79. The molecular weight excluding hydrogens is 232 g/mol. The fourth-order valence-corrected chi connectivity index (χ4v) is 1.71. The molecule has 0 radical (unpaired) electrons. The topological polar surface area (TPSA) is 127 Å². The van der Waals surface area contributed by atoms with Crippen LogP contribution < -0.4 is 22.5 Å². The molecule has 6 nitrogen and oxygen atoms in total. The highest BCUT2D eigenvalue weighted by atomic mass is 16.2. The van der Waals surface area contributed by atoms with Gasteiger partial charge in [-0.3, -0.25) is 9.59 Å². The minimum Gasteiger partial charge on any atom is -0.368 e. The summed E-state index contributed by atoms with van der Waals surface area (Å²) in [5, 5.41) is 2.68. The number of nitrogens with one attached hydrogen (secondary N) is 1. The van der Waals surface area contributed by atoms with Crippen molar-refractivity contribution in [3.63, 3.8) is 0 Å². The zero-order chi connectivity index (χ0) is 14.1. The molecule has 2 atom stereocenters. The van der Waals surface area contributed by atoms with Gasteiger partial charge in [-0.1, -0.05) is 13.8 Å². The van der Waals surface area contributed by atoms with Crippen LogP contribution in [-0.2, 0) is 9.59 Å². The second kappa shape index (κ2) is 8.88. The van der Waals surface area contributed by atoms with Gasteiger partial charge in [0, 0.05) is 6.42 Å². The van der Waals surface area contributed by atoms with Gasteiger partial charge in [-0.15, -0.1) is 0 Å². The Bertz CT molecular complexity index is 269. The summed E-state index contributed by atoms with van der Waals surface area (Å²) < 4.78 is 0. The number of primary amides is 1. The Balaban J connectivity index is 4.19. The van der Waals surface area contributed by atoms with Gasteiger partial charge in [0.15, 0.2) is 6.04 Å². The molecule has 0 saturated heterocycles. The van der Waals surface area contributed by atoms with Crippen molar-refractivity contribution in [2.24, 2.45) is 11.7 Å². The Morgan fingerprint density at radius 1 is 1.28 bits per heavy atom. The van der Waals surface area contributed by atoms with E-state index in [2.05, 4.69) is 16.8 Å². The summed E-state index contributed by atoms with van der Waals surface area (Å²) in [6.07, 6.45) is 3.20. The third-order valence-electron chi connectivity index (χ3n) is 2.79. The number of hydrogen-bond acceptors (Lipinski definition) is 2. The van der Waals surface area contributed by atoms with Gasteiger partial charge in [0.05, 0.1) is 6.54 Å². The summed E-state index contributed by atoms with van der Waals surface area (Å²) in [6, 6.07) is -0.917. The summed E-state index contributed by atoms with van der Waals surface area (Å²) in [5.41, 5.74) is 12.8. The molecule has 0 heterocycles. The number of carbonyl (C=O) groups excluding carboxylic acids is 2. The second-order valence-electron chi connectivity index (χ2n) is 5.14. The molecule has 0 aliphatic carbocycles. The van der Waals surface area contributed by atoms with Crippen molar-refractivity contribution in [2.45, 2.75) is 51.6 Å². The van der Waals surface area contributed by atoms with Gasteiger partial charge < -0.3 is 22.5 Å². The van der Waals surface area contributed by atoms with Crippen LogP contribution in [0.5, 0.6) is 0 Å². The zero-order valence-corrected chi connectivity index (χ0v) is 11.6. The van der Waals surface area contributed by atoms with E-state index >= 15 is 0 Å². The minimum atomic E-state index is -0.588. The monoisotopic (exact) mass is 260 g/mol. The molecule has 9 N–H and O–H groups in total. The van der Waals surface area contributed by atoms with Crippen LogP contribution in [0, 0.1) is 5.92 Å². The largest absolute Gasteiger partial charge is 0.368 e. The summed E-state index contributed by atoms with van der Waals surface area (Å²) in [7, 11) is 0. The van der Waals surface area contributed by atoms with Crippen molar-refractivity contribution in [1.82, 2.24) is 5.32 Å². The van der Waals surface area contributed by atoms with Crippen LogP contribution in [0.1, 0.15) is 39.5 Å². The van der Waals surface area contributed by atoms with E-state index in [9.17, 15) is 9.59 Å². The van der Waals surface area contributed by atoms with Gasteiger partial charge in [0.25, 0.3) is 5.91 Å². The predicted octanol–water partition coefficient (Wildman–Crippen LogP) is -1.97. The molecule has 6 heteroatoms. The first-order chi connectivity index (χ1) is 8.38. The Morgan fingerprint density at radius 3 is 2.33 bits per heavy atom. The van der Waals surface area contributed by atoms with Crippen molar-refractivity contribution in [3.8, 4) is 0 Å². The van der Waals surface area contributed by atoms with Crippen molar-refractivity contribution in [2.75, 3.05) is 6.54 Å². The number of carbonyl (C=O) groups is 2. The molecular formula is C12H28N4O2+2. The Morgan fingerprint density at radius 2 is 1.89 bits per heavy atom. The Labute approximate surface area is 109 Å². The zero-order valence-electron chi connectivity index (χ0n) is 11.6. The fraction of sp³-hybridized carbons (Fsp3) is 0.833. The number of quaternary nitrogens is 2. The number of unbranched alkanes of at least 4 members (excludes halogenated alkanes) is 1. The molecule has 0 aliphatic heterocycles. The number of rotatable bonds is 9. The molecule has 106 valence electrons. The summed E-state index contributed by atoms with van der Waals surface area (Å²) in [4.78, 5) is 23.1. The van der Waals surface area contributed by atoms with E-state index in [0.717, 1.165) is 19.4 Å². The van der Waals surface area contributed by atoms with E-state index in [0.29, 0.717) is 18.8 Å². The van der Waals surface area contributed by atoms with E-state index in [1.807, 2.05) is 13.8 Å². The Hall–Kier alpha value is -1.14. The molecule has 0 fully saturated rings. The van der Waals surface area contributed by atoms with Crippen molar-refractivity contribution in [1.29, 1.82) is 0 Å². The molecule has 0 bridgehead atoms. The minimum absolute atomic E-state index is 0.191. The first-order valence-corrected chi connectivity index (χ1v) is 6.60. The summed E-state index contributed by atoms with van der Waals surface area (Å²) in [5.74, 6) is -0.372. The lowest BCUT2D eigenvalue weighted by Gasteiger charge is -2.18. The molecule has 0 aliphatic rings. The van der Waals surface area contributed by atoms with Crippen LogP contribution in [0.3, 0.4) is 0 Å². The fourth-order valence-electron chi connectivity index (χ4n) is 1.71. The predicted molar refractivity (Wildman–Crippen MR) is 68.9 cm³/mol. The smallest absolute Gasteiger partial charge is 0.278 e. The van der Waals surface area contributed by atoms with E-state index in [1.54, 1.807) is 0 Å². The molecule has 0 saturated carbocycles. The normalized spacial score (nSPS) is 14.3. The van der Waals surface area contributed by atoms with Crippen LogP contribution in [-0.4, -0.2) is 30.4 Å². The molecule has 0 unspecified atom stereocenters. The molecule has 0 aromatic carbocycles. The van der Waals surface area contributed by atoms with E-state index < -0.39 is 11.9 Å². The van der Waals surface area contributed by atoms with Gasteiger partial charge in [0.2, 0.25) is 5.91 Å². The van der Waals surface area contributed by atoms with Crippen LogP contribution in [0.4, 0.5) is 0 Å². The maximum Gasteiger partial charge on any atom is 0.278 e. The highest BCUT2D eigenvalue weighted by molar-refractivity contribution is 5.88. The SMILES string of the molecule is CC(C)C[C@H](NC(=O)[C@@H]([NH3+])CCCC[NH3+])C(N)=O. The maximum atomic E-state index is 11.8. The van der Waals surface area contributed by atoms with Crippen molar-refractivity contribution >= 4 is 11.8 Å². The lowest BCUT2D eigenvalue weighted by Crippen LogP contribution is -2.68.